The summed E-state index contributed by atoms with van der Waals surface area (Å²) < 4.78 is 24.5. The third kappa shape index (κ3) is 4.28. The molecule has 2 aromatic rings. The summed E-state index contributed by atoms with van der Waals surface area (Å²) in [5, 5.41) is 0. The number of benzene rings is 2. The van der Waals surface area contributed by atoms with Crippen molar-refractivity contribution in [3.8, 4) is 11.8 Å². The molecule has 0 unspecified atom stereocenters. The Balaban J connectivity index is 1.42. The maximum atomic E-state index is 6.12. The molecule has 4 rings (SSSR count). The summed E-state index contributed by atoms with van der Waals surface area (Å²) in [5.74, 6) is 6.46. The topological polar surface area (TPSA) is 36.9 Å². The van der Waals surface area contributed by atoms with Crippen LogP contribution in [-0.4, -0.2) is 36.6 Å². The molecule has 32 heavy (non-hydrogen) atoms. The van der Waals surface area contributed by atoms with Gasteiger partial charge >= 0.3 is 14.2 Å². The zero-order valence-electron chi connectivity index (χ0n) is 20.4. The molecule has 0 bridgehead atoms. The predicted molar refractivity (Wildman–Crippen MR) is 130 cm³/mol. The summed E-state index contributed by atoms with van der Waals surface area (Å²) in [6.07, 6.45) is 0. The van der Waals surface area contributed by atoms with E-state index in [2.05, 4.69) is 67.2 Å². The molecular weight excluding hydrogens is 398 g/mol. The maximum Gasteiger partial charge on any atom is 0.494 e. The van der Waals surface area contributed by atoms with Crippen molar-refractivity contribution in [2.75, 3.05) is 0 Å². The Labute approximate surface area is 193 Å². The van der Waals surface area contributed by atoms with E-state index in [4.69, 9.17) is 18.6 Å². The highest BCUT2D eigenvalue weighted by molar-refractivity contribution is 6.62. The molecule has 0 aliphatic carbocycles. The van der Waals surface area contributed by atoms with Crippen molar-refractivity contribution in [3.05, 3.63) is 59.7 Å². The van der Waals surface area contributed by atoms with Gasteiger partial charge in [0.05, 0.1) is 22.4 Å². The standard InChI is InChI=1S/C26H32B2O4/c1-23(2)24(3,4)30-27(29-23)21-15-11-19(12-16-21)9-10-20-13-17-22(18-14-20)28-31-25(5,6)26(7,8)32-28/h11-18H,1-8H3. The lowest BCUT2D eigenvalue weighted by Gasteiger charge is -2.32. The molecular formula is C26H32B2O4. The molecule has 6 heteroatoms. The lowest BCUT2D eigenvalue weighted by molar-refractivity contribution is 0.00578. The lowest BCUT2D eigenvalue weighted by atomic mass is 9.78. The molecule has 2 aliphatic rings. The Hall–Kier alpha value is -2.03. The van der Waals surface area contributed by atoms with E-state index in [9.17, 15) is 0 Å². The van der Waals surface area contributed by atoms with Crippen LogP contribution in [0, 0.1) is 11.8 Å². The monoisotopic (exact) mass is 430 g/mol. The van der Waals surface area contributed by atoms with Gasteiger partial charge in [-0.05, 0) is 90.6 Å². The number of hydrogen-bond donors (Lipinski definition) is 0. The fourth-order valence-corrected chi connectivity index (χ4v) is 3.55. The van der Waals surface area contributed by atoms with Crippen molar-refractivity contribution < 1.29 is 18.6 Å². The second-order valence-electron chi connectivity index (χ2n) is 10.7. The van der Waals surface area contributed by atoms with E-state index in [0.29, 0.717) is 0 Å². The van der Waals surface area contributed by atoms with Crippen molar-refractivity contribution in [1.82, 2.24) is 0 Å². The van der Waals surface area contributed by atoms with E-state index in [1.165, 1.54) is 0 Å². The van der Waals surface area contributed by atoms with Crippen LogP contribution in [0.3, 0.4) is 0 Å². The van der Waals surface area contributed by atoms with E-state index in [-0.39, 0.29) is 36.6 Å². The fraction of sp³-hybridized carbons (Fsp3) is 0.462. The highest BCUT2D eigenvalue weighted by atomic mass is 16.7. The van der Waals surface area contributed by atoms with Crippen molar-refractivity contribution in [2.45, 2.75) is 77.8 Å². The molecule has 0 aromatic heterocycles. The Morgan fingerprint density at radius 2 is 0.719 bits per heavy atom. The van der Waals surface area contributed by atoms with E-state index < -0.39 is 0 Å². The van der Waals surface area contributed by atoms with Crippen LogP contribution in [-0.2, 0) is 18.6 Å². The first kappa shape index (κ1) is 23.1. The van der Waals surface area contributed by atoms with Crippen molar-refractivity contribution >= 4 is 25.2 Å². The summed E-state index contributed by atoms with van der Waals surface area (Å²) in [6.45, 7) is 16.5. The molecule has 0 spiro atoms. The number of hydrogen-bond acceptors (Lipinski definition) is 4. The van der Waals surface area contributed by atoms with E-state index >= 15 is 0 Å². The van der Waals surface area contributed by atoms with Gasteiger partial charge in [-0.25, -0.2) is 0 Å². The summed E-state index contributed by atoms with van der Waals surface area (Å²) in [6, 6.07) is 16.1. The van der Waals surface area contributed by atoms with Crippen LogP contribution in [0.15, 0.2) is 48.5 Å². The van der Waals surface area contributed by atoms with E-state index in [0.717, 1.165) is 22.1 Å². The first-order valence-corrected chi connectivity index (χ1v) is 11.2. The van der Waals surface area contributed by atoms with Crippen LogP contribution in [0.4, 0.5) is 0 Å². The zero-order chi connectivity index (χ0) is 23.4. The molecule has 0 radical (unpaired) electrons. The van der Waals surface area contributed by atoms with Gasteiger partial charge < -0.3 is 18.6 Å². The van der Waals surface area contributed by atoms with Crippen LogP contribution < -0.4 is 10.9 Å². The van der Waals surface area contributed by atoms with Gasteiger partial charge in [0.1, 0.15) is 0 Å². The Bertz CT molecular complexity index is 928. The first-order valence-electron chi connectivity index (χ1n) is 11.2. The second kappa shape index (κ2) is 7.78. The molecule has 0 saturated carbocycles. The van der Waals surface area contributed by atoms with E-state index in [1.54, 1.807) is 0 Å². The van der Waals surface area contributed by atoms with Gasteiger partial charge in [0.15, 0.2) is 0 Å². The second-order valence-corrected chi connectivity index (χ2v) is 10.7. The average molecular weight is 430 g/mol. The smallest absolute Gasteiger partial charge is 0.399 e. The quantitative estimate of drug-likeness (QED) is 0.538. The maximum absolute atomic E-state index is 6.12. The largest absolute Gasteiger partial charge is 0.494 e. The molecule has 0 N–H and O–H groups in total. The summed E-state index contributed by atoms with van der Waals surface area (Å²) >= 11 is 0. The minimum atomic E-state index is -0.357. The molecule has 0 atom stereocenters. The summed E-state index contributed by atoms with van der Waals surface area (Å²) in [7, 11) is -0.714. The molecule has 4 nitrogen and oxygen atoms in total. The van der Waals surface area contributed by atoms with Gasteiger partial charge in [-0.2, -0.15) is 0 Å². The predicted octanol–water partition coefficient (Wildman–Crippen LogP) is 3.68. The van der Waals surface area contributed by atoms with Crippen LogP contribution in [0.25, 0.3) is 0 Å². The van der Waals surface area contributed by atoms with Gasteiger partial charge in [0, 0.05) is 11.1 Å². The van der Waals surface area contributed by atoms with Gasteiger partial charge in [-0.15, -0.1) is 0 Å². The minimum Gasteiger partial charge on any atom is -0.399 e. The Kier molecular flexibility index (Phi) is 5.63. The van der Waals surface area contributed by atoms with E-state index in [1.807, 2.05) is 48.5 Å². The molecule has 2 aromatic carbocycles. The van der Waals surface area contributed by atoms with Crippen molar-refractivity contribution in [1.29, 1.82) is 0 Å². The molecule has 2 aliphatic heterocycles. The molecule has 2 fully saturated rings. The Morgan fingerprint density at radius 1 is 0.469 bits per heavy atom. The van der Waals surface area contributed by atoms with Crippen molar-refractivity contribution in [2.24, 2.45) is 0 Å². The normalized spacial score (nSPS) is 22.5. The van der Waals surface area contributed by atoms with Gasteiger partial charge in [-0.3, -0.25) is 0 Å². The molecule has 0 amide bonds. The minimum absolute atomic E-state index is 0.345. The van der Waals surface area contributed by atoms with Gasteiger partial charge in [0.25, 0.3) is 0 Å². The average Bonchev–Trinajstić information content (AvgIpc) is 3.07. The van der Waals surface area contributed by atoms with Gasteiger partial charge in [-0.1, -0.05) is 36.1 Å². The number of rotatable bonds is 2. The first-order chi connectivity index (χ1) is 14.8. The molecule has 2 saturated heterocycles. The SMILES string of the molecule is CC1(C)OB(c2ccc(C#Cc3ccc(B4OC(C)(C)C(C)(C)O4)cc3)cc2)OC1(C)C. The zero-order valence-corrected chi connectivity index (χ0v) is 20.4. The highest BCUT2D eigenvalue weighted by Crippen LogP contribution is 2.37. The highest BCUT2D eigenvalue weighted by Gasteiger charge is 2.52. The van der Waals surface area contributed by atoms with Crippen molar-refractivity contribution in [3.63, 3.8) is 0 Å². The Morgan fingerprint density at radius 3 is 0.969 bits per heavy atom. The lowest BCUT2D eigenvalue weighted by Crippen LogP contribution is -2.41. The summed E-state index contributed by atoms with van der Waals surface area (Å²) in [5.41, 5.74) is 2.51. The third-order valence-corrected chi connectivity index (χ3v) is 7.22. The fourth-order valence-electron chi connectivity index (χ4n) is 3.55. The van der Waals surface area contributed by atoms with Crippen LogP contribution in [0.1, 0.15) is 66.5 Å². The molecule has 166 valence electrons. The molecule has 2 heterocycles. The third-order valence-electron chi connectivity index (χ3n) is 7.22. The van der Waals surface area contributed by atoms with Crippen LogP contribution in [0.2, 0.25) is 0 Å². The van der Waals surface area contributed by atoms with Crippen LogP contribution in [0.5, 0.6) is 0 Å². The summed E-state index contributed by atoms with van der Waals surface area (Å²) in [4.78, 5) is 0. The van der Waals surface area contributed by atoms with Gasteiger partial charge in [0.2, 0.25) is 0 Å². The van der Waals surface area contributed by atoms with Crippen LogP contribution >= 0.6 is 0 Å².